The van der Waals surface area contributed by atoms with E-state index in [0.717, 1.165) is 11.3 Å². The lowest BCUT2D eigenvalue weighted by atomic mass is 10.1. The van der Waals surface area contributed by atoms with Crippen LogP contribution in [0.3, 0.4) is 0 Å². The highest BCUT2D eigenvalue weighted by molar-refractivity contribution is 7.99. The lowest BCUT2D eigenvalue weighted by Gasteiger charge is -2.10. The first-order valence-electron chi connectivity index (χ1n) is 10.2. The van der Waals surface area contributed by atoms with Crippen molar-refractivity contribution in [3.63, 3.8) is 0 Å². The number of hydrogen-bond donors (Lipinski definition) is 1. The van der Waals surface area contributed by atoms with Crippen LogP contribution >= 0.6 is 23.4 Å². The van der Waals surface area contributed by atoms with Gasteiger partial charge in [-0.15, -0.1) is 10.2 Å². The summed E-state index contributed by atoms with van der Waals surface area (Å²) in [4.78, 5) is 27.0. The molecule has 0 fully saturated rings. The van der Waals surface area contributed by atoms with Crippen molar-refractivity contribution in [2.24, 2.45) is 5.10 Å². The molecule has 10 nitrogen and oxygen atoms in total. The van der Waals surface area contributed by atoms with Crippen LogP contribution in [0, 0.1) is 10.1 Å². The molecule has 4 aromatic rings. The summed E-state index contributed by atoms with van der Waals surface area (Å²) in [6, 6.07) is 16.9. The Balaban J connectivity index is 1.50. The first-order chi connectivity index (χ1) is 16.9. The number of nitrogens with zero attached hydrogens (tertiary/aromatic N) is 6. The van der Waals surface area contributed by atoms with E-state index in [9.17, 15) is 14.9 Å². The third-order valence-corrected chi connectivity index (χ3v) is 5.99. The summed E-state index contributed by atoms with van der Waals surface area (Å²) in [7, 11) is 0. The lowest BCUT2D eigenvalue weighted by Crippen LogP contribution is -2.21. The van der Waals surface area contributed by atoms with Gasteiger partial charge in [-0.25, -0.2) is 5.43 Å². The van der Waals surface area contributed by atoms with Crippen molar-refractivity contribution in [1.82, 2.24) is 25.2 Å². The molecule has 0 saturated carbocycles. The predicted octanol–water partition coefficient (Wildman–Crippen LogP) is 4.52. The summed E-state index contributed by atoms with van der Waals surface area (Å²) in [5, 5.41) is 24.7. The number of carbonyl (C=O) groups excluding carboxylic acids is 1. The fourth-order valence-corrected chi connectivity index (χ4v) is 3.96. The van der Waals surface area contributed by atoms with Crippen molar-refractivity contribution < 1.29 is 9.72 Å². The molecule has 4 rings (SSSR count). The molecule has 0 atom stereocenters. The lowest BCUT2D eigenvalue weighted by molar-refractivity contribution is -0.384. The zero-order valence-corrected chi connectivity index (χ0v) is 19.9. The SMILES string of the molecule is CC(=NNC(=O)CSc1nnc(-c2ccncc2)n1-c1ccc(Cl)cc1)c1cccc([N+](=O)[O-])c1. The molecule has 0 spiro atoms. The largest absolute Gasteiger partial charge is 0.272 e. The van der Waals surface area contributed by atoms with Gasteiger partial charge in [-0.3, -0.25) is 24.5 Å². The molecule has 0 bridgehead atoms. The number of nitro groups is 1. The molecule has 35 heavy (non-hydrogen) atoms. The number of benzene rings is 2. The minimum atomic E-state index is -0.483. The second-order valence-electron chi connectivity index (χ2n) is 7.18. The summed E-state index contributed by atoms with van der Waals surface area (Å²) >= 11 is 7.24. The number of pyridine rings is 1. The van der Waals surface area contributed by atoms with Gasteiger partial charge in [0.15, 0.2) is 11.0 Å². The summed E-state index contributed by atoms with van der Waals surface area (Å²) in [6.45, 7) is 1.66. The topological polar surface area (TPSA) is 128 Å². The van der Waals surface area contributed by atoms with Gasteiger partial charge in [-0.05, 0) is 43.3 Å². The average Bonchev–Trinajstić information content (AvgIpc) is 3.31. The number of halogens is 1. The highest BCUT2D eigenvalue weighted by Gasteiger charge is 2.17. The van der Waals surface area contributed by atoms with Crippen molar-refractivity contribution in [3.8, 4) is 17.1 Å². The number of non-ortho nitro benzene ring substituents is 1. The van der Waals surface area contributed by atoms with Crippen LogP contribution in [0.5, 0.6) is 0 Å². The molecule has 0 radical (unpaired) electrons. The maximum atomic E-state index is 12.5. The Labute approximate surface area is 209 Å². The maximum absolute atomic E-state index is 12.5. The van der Waals surface area contributed by atoms with Gasteiger partial charge in [-0.2, -0.15) is 5.10 Å². The van der Waals surface area contributed by atoms with Gasteiger partial charge in [0, 0.05) is 46.4 Å². The number of thioether (sulfide) groups is 1. The zero-order chi connectivity index (χ0) is 24.8. The molecule has 176 valence electrons. The molecule has 1 N–H and O–H groups in total. The molecule has 2 aromatic heterocycles. The van der Waals surface area contributed by atoms with E-state index >= 15 is 0 Å². The average molecular weight is 508 g/mol. The van der Waals surface area contributed by atoms with Gasteiger partial charge in [0.25, 0.3) is 11.6 Å². The molecule has 0 aliphatic rings. The number of amides is 1. The Kier molecular flexibility index (Phi) is 7.48. The third kappa shape index (κ3) is 5.89. The standard InChI is InChI=1S/C23H18ClN7O3S/c1-15(17-3-2-4-20(13-17)31(33)34)26-27-21(32)14-35-23-29-28-22(16-9-11-25-12-10-16)30(23)19-7-5-18(24)6-8-19/h2-13H,14H2,1H3,(H,27,32). The molecule has 0 aliphatic carbocycles. The Bertz CT molecular complexity index is 1390. The van der Waals surface area contributed by atoms with E-state index < -0.39 is 4.92 Å². The van der Waals surface area contributed by atoms with Gasteiger partial charge < -0.3 is 0 Å². The fourth-order valence-electron chi connectivity index (χ4n) is 3.09. The molecule has 2 aromatic carbocycles. The zero-order valence-electron chi connectivity index (χ0n) is 18.3. The summed E-state index contributed by atoms with van der Waals surface area (Å²) < 4.78 is 1.83. The number of aromatic nitrogens is 4. The van der Waals surface area contributed by atoms with Gasteiger partial charge in [0.2, 0.25) is 0 Å². The number of nitro benzene ring substituents is 1. The van der Waals surface area contributed by atoms with Crippen LogP contribution in [0.1, 0.15) is 12.5 Å². The molecule has 12 heteroatoms. The van der Waals surface area contributed by atoms with Crippen LogP contribution in [0.4, 0.5) is 5.69 Å². The first-order valence-corrected chi connectivity index (χ1v) is 11.6. The summed E-state index contributed by atoms with van der Waals surface area (Å²) in [5.41, 5.74) is 5.01. The van der Waals surface area contributed by atoms with Crippen LogP contribution < -0.4 is 5.43 Å². The van der Waals surface area contributed by atoms with Crippen molar-refractivity contribution in [3.05, 3.63) is 93.8 Å². The molecule has 0 aliphatic heterocycles. The van der Waals surface area contributed by atoms with E-state index in [1.54, 1.807) is 43.6 Å². The van der Waals surface area contributed by atoms with Crippen molar-refractivity contribution in [2.45, 2.75) is 12.1 Å². The molecular formula is C23H18ClN7O3S. The molecule has 2 heterocycles. The summed E-state index contributed by atoms with van der Waals surface area (Å²) in [6.07, 6.45) is 3.33. The van der Waals surface area contributed by atoms with Gasteiger partial charge in [-0.1, -0.05) is 35.5 Å². The Morgan fingerprint density at radius 2 is 1.89 bits per heavy atom. The Morgan fingerprint density at radius 3 is 2.60 bits per heavy atom. The van der Waals surface area contributed by atoms with Gasteiger partial charge >= 0.3 is 0 Å². The Morgan fingerprint density at radius 1 is 1.14 bits per heavy atom. The van der Waals surface area contributed by atoms with E-state index in [1.807, 2.05) is 28.8 Å². The van der Waals surface area contributed by atoms with E-state index in [1.165, 1.54) is 23.9 Å². The number of hydrazone groups is 1. The highest BCUT2D eigenvalue weighted by Crippen LogP contribution is 2.28. The summed E-state index contributed by atoms with van der Waals surface area (Å²) in [5.74, 6) is 0.251. The number of hydrogen-bond acceptors (Lipinski definition) is 8. The second-order valence-corrected chi connectivity index (χ2v) is 8.56. The van der Waals surface area contributed by atoms with Crippen LogP contribution in [-0.4, -0.2) is 42.0 Å². The second kappa shape index (κ2) is 10.9. The monoisotopic (exact) mass is 507 g/mol. The van der Waals surface area contributed by atoms with Gasteiger partial charge in [0.1, 0.15) is 0 Å². The minimum Gasteiger partial charge on any atom is -0.272 e. The maximum Gasteiger partial charge on any atom is 0.270 e. The molecular weight excluding hydrogens is 490 g/mol. The van der Waals surface area contributed by atoms with E-state index in [2.05, 4.69) is 25.7 Å². The van der Waals surface area contributed by atoms with Crippen LogP contribution in [0.2, 0.25) is 5.02 Å². The quantitative estimate of drug-likeness (QED) is 0.160. The Hall–Kier alpha value is -4.09. The van der Waals surface area contributed by atoms with Crippen LogP contribution in [-0.2, 0) is 4.79 Å². The normalized spacial score (nSPS) is 11.3. The van der Waals surface area contributed by atoms with E-state index in [-0.39, 0.29) is 17.3 Å². The smallest absolute Gasteiger partial charge is 0.270 e. The predicted molar refractivity (Wildman–Crippen MR) is 134 cm³/mol. The number of nitrogens with one attached hydrogen (secondary N) is 1. The van der Waals surface area contributed by atoms with Crippen molar-refractivity contribution >= 4 is 40.7 Å². The van der Waals surface area contributed by atoms with E-state index in [0.29, 0.717) is 27.3 Å². The first kappa shape index (κ1) is 24.0. The minimum absolute atomic E-state index is 0.0216. The fraction of sp³-hybridized carbons (Fsp3) is 0.0870. The third-order valence-electron chi connectivity index (χ3n) is 4.81. The van der Waals surface area contributed by atoms with Crippen LogP contribution in [0.15, 0.2) is 83.3 Å². The van der Waals surface area contributed by atoms with Gasteiger partial charge in [0.05, 0.1) is 16.4 Å². The number of rotatable bonds is 8. The van der Waals surface area contributed by atoms with E-state index in [4.69, 9.17) is 11.6 Å². The molecule has 1 amide bonds. The highest BCUT2D eigenvalue weighted by atomic mass is 35.5. The molecule has 0 unspecified atom stereocenters. The van der Waals surface area contributed by atoms with Crippen LogP contribution in [0.25, 0.3) is 17.1 Å². The van der Waals surface area contributed by atoms with Crippen molar-refractivity contribution in [2.75, 3.05) is 5.75 Å². The van der Waals surface area contributed by atoms with Crippen molar-refractivity contribution in [1.29, 1.82) is 0 Å². The molecule has 0 saturated heterocycles. The number of carbonyl (C=O) groups is 1.